The number of fused-ring (bicyclic) bond motifs is 1. The van der Waals surface area contributed by atoms with Crippen molar-refractivity contribution in [2.24, 2.45) is 5.41 Å². The van der Waals surface area contributed by atoms with E-state index in [1.54, 1.807) is 0 Å². The molecule has 2 aromatic carbocycles. The van der Waals surface area contributed by atoms with Gasteiger partial charge >= 0.3 is 0 Å². The first-order valence-electron chi connectivity index (χ1n) is 15.8. The summed E-state index contributed by atoms with van der Waals surface area (Å²) in [5.74, 6) is 5.27. The summed E-state index contributed by atoms with van der Waals surface area (Å²) >= 11 is 1.41. The van der Waals surface area contributed by atoms with E-state index in [0.717, 1.165) is 86.1 Å². The molecule has 7 nitrogen and oxygen atoms in total. The van der Waals surface area contributed by atoms with Crippen LogP contribution in [0, 0.1) is 23.1 Å². The largest absolute Gasteiger partial charge is 0.495 e. The van der Waals surface area contributed by atoms with E-state index in [1.165, 1.54) is 31.3 Å². The number of nitrogens with zero attached hydrogens (tertiary/aromatic N) is 1. The third-order valence-electron chi connectivity index (χ3n) is 9.65. The van der Waals surface area contributed by atoms with Gasteiger partial charge in [-0.3, -0.25) is 0 Å². The van der Waals surface area contributed by atoms with Crippen molar-refractivity contribution in [1.29, 1.82) is 0 Å². The molecule has 3 aromatic rings. The standard InChI is InChI=1S/C34H40F3N3O4S2/c1-43-29-19-31(46(2,41)42)26(35)18-28(29)38-14-4-7-30-25(17-32(36)37)24-5-3-6-27(33(24)45-30)39-22-8-10-23(11-9-22)40-15-12-34(13-16-40)20-44-21-34/h3,5-6,18-19,22-23,32,38-39H,8-17,20-21H2,1-2H3. The molecule has 1 aliphatic carbocycles. The van der Waals surface area contributed by atoms with Gasteiger partial charge in [0, 0.05) is 42.3 Å². The number of hydrogen-bond donors (Lipinski definition) is 2. The van der Waals surface area contributed by atoms with Gasteiger partial charge in [0.15, 0.2) is 9.84 Å². The van der Waals surface area contributed by atoms with E-state index in [4.69, 9.17) is 9.47 Å². The monoisotopic (exact) mass is 675 g/mol. The Balaban J connectivity index is 1.13. The molecule has 3 fully saturated rings. The molecule has 2 aliphatic heterocycles. The zero-order valence-corrected chi connectivity index (χ0v) is 27.8. The van der Waals surface area contributed by atoms with Crippen LogP contribution in [-0.2, 0) is 21.0 Å². The zero-order chi connectivity index (χ0) is 32.5. The van der Waals surface area contributed by atoms with Gasteiger partial charge in [0.25, 0.3) is 0 Å². The minimum absolute atomic E-state index is 0.0660. The zero-order valence-electron chi connectivity index (χ0n) is 26.1. The fourth-order valence-electron chi connectivity index (χ4n) is 6.98. The van der Waals surface area contributed by atoms with Crippen molar-refractivity contribution >= 4 is 42.6 Å². The number of ether oxygens (including phenoxy) is 2. The maximum atomic E-state index is 14.5. The SMILES string of the molecule is COc1cc(S(C)(=O)=O)c(F)cc1NCC#Cc1sc2c(NC3CCC(N4CCC5(CC4)COC5)CC3)cccc2c1CC(F)F. The number of methoxy groups -OCH3 is 1. The molecule has 12 heteroatoms. The second-order valence-electron chi connectivity index (χ2n) is 12.8. The van der Waals surface area contributed by atoms with Crippen LogP contribution in [0.5, 0.6) is 5.75 Å². The predicted molar refractivity (Wildman–Crippen MR) is 177 cm³/mol. The second kappa shape index (κ2) is 13.6. The fraction of sp³-hybridized carbons (Fsp3) is 0.529. The molecule has 6 rings (SSSR count). The summed E-state index contributed by atoms with van der Waals surface area (Å²) in [6.45, 7) is 4.24. The summed E-state index contributed by atoms with van der Waals surface area (Å²) in [4.78, 5) is 2.79. The van der Waals surface area contributed by atoms with Crippen LogP contribution in [0.4, 0.5) is 24.5 Å². The number of halogens is 3. The molecule has 46 heavy (non-hydrogen) atoms. The minimum atomic E-state index is -3.78. The summed E-state index contributed by atoms with van der Waals surface area (Å²) in [6.07, 6.45) is 4.89. The lowest BCUT2D eigenvalue weighted by atomic mass is 9.76. The molecule has 0 atom stereocenters. The molecule has 1 aromatic heterocycles. The van der Waals surface area contributed by atoms with Crippen LogP contribution in [0.1, 0.15) is 49.0 Å². The van der Waals surface area contributed by atoms with E-state index >= 15 is 0 Å². The molecule has 2 N–H and O–H groups in total. The summed E-state index contributed by atoms with van der Waals surface area (Å²) in [7, 11) is -2.42. The van der Waals surface area contributed by atoms with E-state index < -0.39 is 33.4 Å². The lowest BCUT2D eigenvalue weighted by Crippen LogP contribution is -2.53. The van der Waals surface area contributed by atoms with Crippen LogP contribution >= 0.6 is 11.3 Å². The van der Waals surface area contributed by atoms with Crippen LogP contribution < -0.4 is 15.4 Å². The molecule has 0 amide bonds. The molecule has 248 valence electrons. The summed E-state index contributed by atoms with van der Waals surface area (Å²) in [5, 5.41) is 7.46. The van der Waals surface area contributed by atoms with Crippen LogP contribution in [0.2, 0.25) is 0 Å². The van der Waals surface area contributed by atoms with Gasteiger partial charge in [-0.25, -0.2) is 21.6 Å². The molecule has 2 saturated heterocycles. The van der Waals surface area contributed by atoms with Crippen molar-refractivity contribution in [1.82, 2.24) is 4.90 Å². The second-order valence-corrected chi connectivity index (χ2v) is 15.8. The van der Waals surface area contributed by atoms with Crippen LogP contribution in [0.25, 0.3) is 10.1 Å². The van der Waals surface area contributed by atoms with Crippen molar-refractivity contribution in [3.05, 3.63) is 46.6 Å². The highest BCUT2D eigenvalue weighted by Crippen LogP contribution is 2.41. The van der Waals surface area contributed by atoms with Crippen molar-refractivity contribution in [2.75, 3.05) is 56.8 Å². The number of benzene rings is 2. The highest BCUT2D eigenvalue weighted by atomic mass is 32.2. The first-order valence-corrected chi connectivity index (χ1v) is 18.5. The molecular formula is C34H40F3N3O4S2. The first-order chi connectivity index (χ1) is 22.0. The third-order valence-corrected chi connectivity index (χ3v) is 12.0. The van der Waals surface area contributed by atoms with Gasteiger partial charge in [0.2, 0.25) is 6.43 Å². The van der Waals surface area contributed by atoms with Gasteiger partial charge in [0.05, 0.1) is 47.8 Å². The number of sulfone groups is 1. The highest BCUT2D eigenvalue weighted by molar-refractivity contribution is 7.90. The van der Waals surface area contributed by atoms with E-state index in [-0.39, 0.29) is 18.0 Å². The Hall–Kier alpha value is -2.98. The topological polar surface area (TPSA) is 79.9 Å². The van der Waals surface area contributed by atoms with Gasteiger partial charge in [-0.05, 0) is 68.6 Å². The van der Waals surface area contributed by atoms with Crippen LogP contribution in [0.3, 0.4) is 0 Å². The average Bonchev–Trinajstić information content (AvgIpc) is 3.35. The highest BCUT2D eigenvalue weighted by Gasteiger charge is 2.42. The van der Waals surface area contributed by atoms with Crippen LogP contribution in [0.15, 0.2) is 35.2 Å². The van der Waals surface area contributed by atoms with Crippen LogP contribution in [-0.4, -0.2) is 78.0 Å². The van der Waals surface area contributed by atoms with Crippen molar-refractivity contribution in [2.45, 2.75) is 68.4 Å². The van der Waals surface area contributed by atoms with Gasteiger partial charge in [-0.2, -0.15) is 0 Å². The number of thiophene rings is 1. The van der Waals surface area contributed by atoms with Crippen molar-refractivity contribution in [3.63, 3.8) is 0 Å². The molecule has 0 radical (unpaired) electrons. The molecule has 0 unspecified atom stereocenters. The Labute approximate surface area is 272 Å². The molecule has 3 heterocycles. The normalized spacial score (nSPS) is 21.5. The molecule has 3 aliphatic rings. The number of alkyl halides is 2. The fourth-order valence-corrected chi connectivity index (χ4v) is 8.90. The number of hydrogen-bond acceptors (Lipinski definition) is 8. The third kappa shape index (κ3) is 7.13. The summed E-state index contributed by atoms with van der Waals surface area (Å²) < 4.78 is 77.3. The Morgan fingerprint density at radius 3 is 2.50 bits per heavy atom. The van der Waals surface area contributed by atoms with Gasteiger partial charge in [-0.1, -0.05) is 24.0 Å². The molecule has 1 saturated carbocycles. The maximum absolute atomic E-state index is 14.5. The number of likely N-dealkylation sites (tertiary alicyclic amines) is 1. The Bertz CT molecular complexity index is 1730. The lowest BCUT2D eigenvalue weighted by Gasteiger charge is -2.49. The number of rotatable bonds is 9. The Kier molecular flexibility index (Phi) is 9.76. The summed E-state index contributed by atoms with van der Waals surface area (Å²) in [5.41, 5.74) is 2.15. The number of anilines is 2. The number of piperidine rings is 1. The van der Waals surface area contributed by atoms with Crippen molar-refractivity contribution < 1.29 is 31.1 Å². The summed E-state index contributed by atoms with van der Waals surface area (Å²) in [6, 6.07) is 8.92. The first kappa shape index (κ1) is 32.9. The Morgan fingerprint density at radius 1 is 1.13 bits per heavy atom. The smallest absolute Gasteiger partial charge is 0.242 e. The maximum Gasteiger partial charge on any atom is 0.242 e. The lowest BCUT2D eigenvalue weighted by molar-refractivity contribution is -0.143. The van der Waals surface area contributed by atoms with Gasteiger partial charge < -0.3 is 25.0 Å². The van der Waals surface area contributed by atoms with E-state index in [2.05, 4.69) is 27.4 Å². The van der Waals surface area contributed by atoms with E-state index in [0.29, 0.717) is 27.9 Å². The minimum Gasteiger partial charge on any atom is -0.495 e. The average molecular weight is 676 g/mol. The van der Waals surface area contributed by atoms with Crippen molar-refractivity contribution in [3.8, 4) is 17.6 Å². The predicted octanol–water partition coefficient (Wildman–Crippen LogP) is 6.56. The van der Waals surface area contributed by atoms with E-state index in [1.807, 2.05) is 18.2 Å². The molecule has 0 bridgehead atoms. The van der Waals surface area contributed by atoms with Gasteiger partial charge in [0.1, 0.15) is 16.5 Å². The molecule has 1 spiro atoms. The van der Waals surface area contributed by atoms with E-state index in [9.17, 15) is 21.6 Å². The Morgan fingerprint density at radius 2 is 1.87 bits per heavy atom. The molecular weight excluding hydrogens is 636 g/mol. The quantitative estimate of drug-likeness (QED) is 0.249. The number of nitrogens with one attached hydrogen (secondary N) is 2. The van der Waals surface area contributed by atoms with Gasteiger partial charge in [-0.15, -0.1) is 11.3 Å².